The molecule has 488 valence electrons. The minimum absolute atomic E-state index is 0.529. The van der Waals surface area contributed by atoms with Gasteiger partial charge in [0, 0.05) is 54.6 Å². The number of benzene rings is 16. The van der Waals surface area contributed by atoms with E-state index in [-0.39, 0.29) is 0 Å². The van der Waals surface area contributed by atoms with Crippen molar-refractivity contribution in [3.8, 4) is 73.1 Å². The van der Waals surface area contributed by atoms with E-state index in [0.29, 0.717) is 5.95 Å². The van der Waals surface area contributed by atoms with E-state index in [1.165, 1.54) is 88.3 Å². The number of hydrogen-bond donors (Lipinski definition) is 0. The first kappa shape index (κ1) is 59.0. The molecule has 2 aliphatic rings. The fourth-order valence-electron chi connectivity index (χ4n) is 18.6. The summed E-state index contributed by atoms with van der Waals surface area (Å²) in [5, 5.41) is 8.02. The summed E-state index contributed by atoms with van der Waals surface area (Å²) in [5.41, 5.74) is 30.4. The summed E-state index contributed by atoms with van der Waals surface area (Å²) >= 11 is 0. The van der Waals surface area contributed by atoms with E-state index in [1.807, 2.05) is 0 Å². The van der Waals surface area contributed by atoms with Gasteiger partial charge in [-0.25, -0.2) is 9.97 Å². The van der Waals surface area contributed by atoms with E-state index >= 15 is 0 Å². The first-order valence-corrected chi connectivity index (χ1v) is 36.3. The highest BCUT2D eigenvalue weighted by Gasteiger charge is 2.48. The summed E-state index contributed by atoms with van der Waals surface area (Å²) in [6.45, 7) is 0. The molecule has 4 aromatic heterocycles. The van der Waals surface area contributed by atoms with Crippen LogP contribution in [-0.4, -0.2) is 23.7 Å². The Morgan fingerprint density at radius 2 is 0.524 bits per heavy atom. The van der Waals surface area contributed by atoms with E-state index in [4.69, 9.17) is 9.97 Å². The van der Waals surface area contributed by atoms with Crippen LogP contribution in [0.25, 0.3) is 149 Å². The van der Waals surface area contributed by atoms with E-state index in [2.05, 4.69) is 396 Å². The minimum atomic E-state index is -0.529. The third-order valence-corrected chi connectivity index (χ3v) is 23.0. The van der Waals surface area contributed by atoms with Gasteiger partial charge in [0.15, 0.2) is 0 Å². The van der Waals surface area contributed by atoms with Crippen molar-refractivity contribution in [3.05, 3.63) is 427 Å². The molecule has 0 bridgehead atoms. The standard InChI is InChI=1S/C100H63N5/c1-6-26-64(27-7-1)97-81-40-18-23-43-90(81)101-98(102-97)105-95-56-48-67(65-46-54-93-82(58-65)79-38-19-24-44-91(79)103(93)73-50-52-77-75-36-16-21-41-86(75)99(88(77)62-73,69-28-8-2-9-29-69)70-30-10-3-11-31-70)60-84(95)85-61-68(49-57-96(85)105)66-47-55-94-83(59-66)80-39-20-25-45-92(80)104(94)74-51-53-78-76-37-17-22-42-87(76)100(89(78)63-74,71-32-12-4-13-33-71)72-34-14-5-15-35-72/h1-63H. The lowest BCUT2D eigenvalue weighted by Gasteiger charge is -2.34. The van der Waals surface area contributed by atoms with Gasteiger partial charge in [0.1, 0.15) is 0 Å². The van der Waals surface area contributed by atoms with E-state index in [9.17, 15) is 0 Å². The molecular weight excluding hydrogens is 1270 g/mol. The van der Waals surface area contributed by atoms with Crippen LogP contribution in [0, 0.1) is 0 Å². The molecule has 0 atom stereocenters. The molecule has 16 aromatic carbocycles. The molecule has 4 heterocycles. The monoisotopic (exact) mass is 1330 g/mol. The highest BCUT2D eigenvalue weighted by Crippen LogP contribution is 2.59. The van der Waals surface area contributed by atoms with Crippen LogP contribution >= 0.6 is 0 Å². The number of rotatable bonds is 10. The molecule has 20 aromatic rings. The molecule has 2 aliphatic carbocycles. The molecule has 0 aliphatic heterocycles. The SMILES string of the molecule is c1ccc(-c2nc(-n3c4ccc(-c5ccc6c(c5)c5ccccc5n6-c5ccc6c(c5)C(c5ccccc5)(c5ccccc5)c5ccccc5-6)cc4c4cc(-c5ccc6c(c5)c5ccccc5n6-c5ccc6c(c5)C(c5ccccc5)(c5ccccc5)c5ccccc5-6)ccc43)nc3ccccc23)cc1. The number of aromatic nitrogens is 5. The summed E-state index contributed by atoms with van der Waals surface area (Å²) in [4.78, 5) is 11.0. The zero-order valence-corrected chi connectivity index (χ0v) is 57.1. The predicted molar refractivity (Wildman–Crippen MR) is 433 cm³/mol. The van der Waals surface area contributed by atoms with Gasteiger partial charge in [0.25, 0.3) is 0 Å². The summed E-state index contributed by atoms with van der Waals surface area (Å²) in [6, 6.07) is 142. The highest BCUT2D eigenvalue weighted by molar-refractivity contribution is 6.15. The second kappa shape index (κ2) is 22.9. The lowest BCUT2D eigenvalue weighted by molar-refractivity contribution is 0.767. The van der Waals surface area contributed by atoms with Gasteiger partial charge in [0.2, 0.25) is 5.95 Å². The van der Waals surface area contributed by atoms with Gasteiger partial charge in [0.05, 0.1) is 55.1 Å². The number of fused-ring (bicyclic) bond motifs is 16. The average molecular weight is 1330 g/mol. The average Bonchev–Trinajstić information content (AvgIpc) is 1.47. The van der Waals surface area contributed by atoms with Gasteiger partial charge in [-0.15, -0.1) is 0 Å². The predicted octanol–water partition coefficient (Wildman–Crippen LogP) is 24.6. The van der Waals surface area contributed by atoms with Crippen LogP contribution in [0.15, 0.2) is 382 Å². The fourth-order valence-corrected chi connectivity index (χ4v) is 18.6. The van der Waals surface area contributed by atoms with Crippen molar-refractivity contribution >= 4 is 76.3 Å². The Balaban J connectivity index is 0.712. The van der Waals surface area contributed by atoms with Gasteiger partial charge in [-0.2, -0.15) is 0 Å². The molecule has 5 nitrogen and oxygen atoms in total. The van der Waals surface area contributed by atoms with Crippen molar-refractivity contribution in [1.29, 1.82) is 0 Å². The lowest BCUT2D eigenvalue weighted by Crippen LogP contribution is -2.28. The van der Waals surface area contributed by atoms with Crippen LogP contribution in [0.2, 0.25) is 0 Å². The Bertz CT molecular complexity index is 6510. The Morgan fingerprint density at radius 3 is 0.952 bits per heavy atom. The van der Waals surface area contributed by atoms with Crippen molar-refractivity contribution in [2.75, 3.05) is 0 Å². The number of hydrogen-bond acceptors (Lipinski definition) is 2. The zero-order chi connectivity index (χ0) is 68.9. The second-order valence-corrected chi connectivity index (χ2v) is 28.2. The van der Waals surface area contributed by atoms with Gasteiger partial charge in [-0.3, -0.25) is 4.57 Å². The second-order valence-electron chi connectivity index (χ2n) is 28.2. The van der Waals surface area contributed by atoms with Gasteiger partial charge >= 0.3 is 0 Å². The topological polar surface area (TPSA) is 40.6 Å². The normalized spacial score (nSPS) is 13.3. The van der Waals surface area contributed by atoms with E-state index in [1.54, 1.807) is 0 Å². The maximum atomic E-state index is 5.54. The fraction of sp³-hybridized carbons (Fsp3) is 0.0200. The van der Waals surface area contributed by atoms with Crippen LogP contribution < -0.4 is 0 Å². The van der Waals surface area contributed by atoms with Crippen LogP contribution in [-0.2, 0) is 10.8 Å². The van der Waals surface area contributed by atoms with E-state index in [0.717, 1.165) is 99.7 Å². The summed E-state index contributed by atoms with van der Waals surface area (Å²) < 4.78 is 7.24. The molecule has 5 heteroatoms. The zero-order valence-electron chi connectivity index (χ0n) is 57.1. The van der Waals surface area contributed by atoms with Crippen LogP contribution in [0.5, 0.6) is 0 Å². The Morgan fingerprint density at radius 1 is 0.200 bits per heavy atom. The number of para-hydroxylation sites is 3. The van der Waals surface area contributed by atoms with Crippen molar-refractivity contribution < 1.29 is 0 Å². The number of nitrogens with zero attached hydrogens (tertiary/aromatic N) is 5. The first-order valence-electron chi connectivity index (χ1n) is 36.3. The summed E-state index contributed by atoms with van der Waals surface area (Å²) in [7, 11) is 0. The van der Waals surface area contributed by atoms with Gasteiger partial charge < -0.3 is 9.13 Å². The van der Waals surface area contributed by atoms with Gasteiger partial charge in [-0.1, -0.05) is 291 Å². The molecule has 0 fully saturated rings. The van der Waals surface area contributed by atoms with Crippen molar-refractivity contribution in [3.63, 3.8) is 0 Å². The largest absolute Gasteiger partial charge is 0.309 e. The Labute approximate surface area is 606 Å². The highest BCUT2D eigenvalue weighted by atomic mass is 15.2. The van der Waals surface area contributed by atoms with Crippen LogP contribution in [0.3, 0.4) is 0 Å². The molecule has 0 radical (unpaired) electrons. The molecule has 0 spiro atoms. The lowest BCUT2D eigenvalue weighted by atomic mass is 9.67. The molecule has 0 amide bonds. The minimum Gasteiger partial charge on any atom is -0.309 e. The van der Waals surface area contributed by atoms with Crippen LogP contribution in [0.4, 0.5) is 0 Å². The summed E-state index contributed by atoms with van der Waals surface area (Å²) in [6.07, 6.45) is 0. The molecule has 22 rings (SSSR count). The molecule has 105 heavy (non-hydrogen) atoms. The summed E-state index contributed by atoms with van der Waals surface area (Å²) in [5.74, 6) is 0.622. The molecule has 0 saturated carbocycles. The van der Waals surface area contributed by atoms with Crippen molar-refractivity contribution in [1.82, 2.24) is 23.7 Å². The molecule has 0 saturated heterocycles. The van der Waals surface area contributed by atoms with Gasteiger partial charge in [-0.05, 0) is 180 Å². The van der Waals surface area contributed by atoms with E-state index < -0.39 is 10.8 Å². The third-order valence-electron chi connectivity index (χ3n) is 23.0. The molecular formula is C100H63N5. The van der Waals surface area contributed by atoms with Crippen molar-refractivity contribution in [2.45, 2.75) is 10.8 Å². The smallest absolute Gasteiger partial charge is 0.235 e. The van der Waals surface area contributed by atoms with Crippen LogP contribution in [0.1, 0.15) is 44.5 Å². The third kappa shape index (κ3) is 8.52. The molecule has 0 N–H and O–H groups in total. The maximum absolute atomic E-state index is 5.54. The van der Waals surface area contributed by atoms with Crippen molar-refractivity contribution in [2.24, 2.45) is 0 Å². The first-order chi connectivity index (χ1) is 52.1. The Kier molecular flexibility index (Phi) is 12.9. The maximum Gasteiger partial charge on any atom is 0.235 e. The quantitative estimate of drug-likeness (QED) is 0.137. The molecule has 0 unspecified atom stereocenters. The Hall–Kier alpha value is -13.7.